The van der Waals surface area contributed by atoms with Crippen LogP contribution in [-0.2, 0) is 4.43 Å². The van der Waals surface area contributed by atoms with Gasteiger partial charge in [0.05, 0.1) is 0 Å². The molecule has 0 aromatic carbocycles. The summed E-state index contributed by atoms with van der Waals surface area (Å²) in [5, 5.41) is 0.564. The zero-order valence-electron chi connectivity index (χ0n) is 5.57. The van der Waals surface area contributed by atoms with Gasteiger partial charge in [0.25, 0.3) is 0 Å². The second kappa shape index (κ2) is 3.43. The molecular weight excluding hydrogens is 162 g/mol. The number of aromatic nitrogens is 1. The fourth-order valence-electron chi connectivity index (χ4n) is 0.606. The topological polar surface area (TPSA) is 22.1 Å². The van der Waals surface area contributed by atoms with Crippen molar-refractivity contribution in [3.05, 3.63) is 30.1 Å². The number of hydrogen-bond acceptors (Lipinski definition) is 3. The third-order valence-corrected chi connectivity index (χ3v) is 2.21. The van der Waals surface area contributed by atoms with Crippen LogP contribution in [0.2, 0.25) is 0 Å². The standard InChI is InChI=1S/C6H7NOSSi/c9-6(8-10)5-1-3-7-4-2-5/h1-4H,10H3. The molecule has 0 unspecified atom stereocenters. The Morgan fingerprint density at radius 1 is 1.50 bits per heavy atom. The Bertz CT molecular complexity index is 226. The van der Waals surface area contributed by atoms with Gasteiger partial charge in [0.2, 0.25) is 10.5 Å². The van der Waals surface area contributed by atoms with E-state index in [4.69, 9.17) is 16.6 Å². The summed E-state index contributed by atoms with van der Waals surface area (Å²) in [5.41, 5.74) is 0.931. The van der Waals surface area contributed by atoms with Crippen molar-refractivity contribution in [2.45, 2.75) is 0 Å². The predicted octanol–water partition coefficient (Wildman–Crippen LogP) is 0.0541. The molecule has 1 aromatic rings. The predicted molar refractivity (Wildman–Crippen MR) is 47.0 cm³/mol. The van der Waals surface area contributed by atoms with Gasteiger partial charge >= 0.3 is 0 Å². The third-order valence-electron chi connectivity index (χ3n) is 1.10. The minimum absolute atomic E-state index is 0.564. The number of nitrogens with zero attached hydrogens (tertiary/aromatic N) is 1. The van der Waals surface area contributed by atoms with E-state index in [0.717, 1.165) is 5.56 Å². The van der Waals surface area contributed by atoms with Gasteiger partial charge in [-0.25, -0.2) is 0 Å². The molecule has 0 saturated heterocycles. The fraction of sp³-hybridized carbons (Fsp3) is 0. The molecule has 0 atom stereocenters. The van der Waals surface area contributed by atoms with E-state index >= 15 is 0 Å². The average molecular weight is 169 g/mol. The first-order valence-electron chi connectivity index (χ1n) is 2.83. The Kier molecular flexibility index (Phi) is 2.53. The van der Waals surface area contributed by atoms with Crippen LogP contribution in [0.5, 0.6) is 0 Å². The van der Waals surface area contributed by atoms with E-state index in [1.165, 1.54) is 0 Å². The normalized spacial score (nSPS) is 9.20. The Balaban J connectivity index is 2.85. The van der Waals surface area contributed by atoms with Gasteiger partial charge in [-0.2, -0.15) is 0 Å². The summed E-state index contributed by atoms with van der Waals surface area (Å²) in [7, 11) is 0.646. The molecule has 1 aromatic heterocycles. The first kappa shape index (κ1) is 7.36. The van der Waals surface area contributed by atoms with Crippen LogP contribution in [-0.4, -0.2) is 20.5 Å². The van der Waals surface area contributed by atoms with E-state index in [2.05, 4.69) is 4.98 Å². The Hall–Kier alpha value is -0.743. The molecule has 0 saturated carbocycles. The molecule has 0 radical (unpaired) electrons. The van der Waals surface area contributed by atoms with Gasteiger partial charge in [0, 0.05) is 18.0 Å². The number of pyridine rings is 1. The molecule has 0 amide bonds. The van der Waals surface area contributed by atoms with Crippen molar-refractivity contribution in [2.75, 3.05) is 0 Å². The summed E-state index contributed by atoms with van der Waals surface area (Å²) in [4.78, 5) is 3.86. The SMILES string of the molecule is [SiH3]OC(=S)c1ccncc1. The highest BCUT2D eigenvalue weighted by Gasteiger charge is 1.95. The van der Waals surface area contributed by atoms with Crippen molar-refractivity contribution in [3.8, 4) is 0 Å². The lowest BCUT2D eigenvalue weighted by atomic mass is 10.3. The summed E-state index contributed by atoms with van der Waals surface area (Å²) >= 11 is 4.91. The molecule has 0 fully saturated rings. The minimum Gasteiger partial charge on any atom is -0.545 e. The number of rotatable bonds is 1. The van der Waals surface area contributed by atoms with Gasteiger partial charge in [-0.15, -0.1) is 0 Å². The van der Waals surface area contributed by atoms with E-state index in [1.54, 1.807) is 12.4 Å². The molecule has 0 bridgehead atoms. The van der Waals surface area contributed by atoms with E-state index in [1.807, 2.05) is 12.1 Å². The van der Waals surface area contributed by atoms with Gasteiger partial charge in [-0.05, 0) is 24.4 Å². The fourth-order valence-corrected chi connectivity index (χ4v) is 0.978. The van der Waals surface area contributed by atoms with Crippen molar-refractivity contribution in [1.82, 2.24) is 4.98 Å². The summed E-state index contributed by atoms with van der Waals surface area (Å²) < 4.78 is 4.98. The van der Waals surface area contributed by atoms with Crippen LogP contribution < -0.4 is 0 Å². The highest BCUT2D eigenvalue weighted by Crippen LogP contribution is 1.98. The summed E-state index contributed by atoms with van der Waals surface area (Å²) in [5.74, 6) is 0. The molecule has 1 rings (SSSR count). The molecule has 0 aliphatic rings. The van der Waals surface area contributed by atoms with Crippen molar-refractivity contribution in [1.29, 1.82) is 0 Å². The maximum Gasteiger partial charge on any atom is 0.205 e. The van der Waals surface area contributed by atoms with Crippen LogP contribution in [0, 0.1) is 0 Å². The molecule has 1 heterocycles. The molecule has 0 aliphatic carbocycles. The zero-order valence-corrected chi connectivity index (χ0v) is 8.39. The lowest BCUT2D eigenvalue weighted by Gasteiger charge is -1.99. The summed E-state index contributed by atoms with van der Waals surface area (Å²) in [6, 6.07) is 3.67. The Labute approximate surface area is 67.8 Å². The van der Waals surface area contributed by atoms with Gasteiger partial charge in [0.15, 0.2) is 5.05 Å². The lowest BCUT2D eigenvalue weighted by Crippen LogP contribution is -1.99. The summed E-state index contributed by atoms with van der Waals surface area (Å²) in [6.07, 6.45) is 3.39. The van der Waals surface area contributed by atoms with Crippen LogP contribution in [0.3, 0.4) is 0 Å². The molecule has 0 spiro atoms. The van der Waals surface area contributed by atoms with E-state index in [9.17, 15) is 0 Å². The lowest BCUT2D eigenvalue weighted by molar-refractivity contribution is 0.632. The van der Waals surface area contributed by atoms with Crippen molar-refractivity contribution in [3.63, 3.8) is 0 Å². The Morgan fingerprint density at radius 3 is 2.60 bits per heavy atom. The van der Waals surface area contributed by atoms with E-state index < -0.39 is 0 Å². The van der Waals surface area contributed by atoms with Crippen LogP contribution in [0.1, 0.15) is 5.56 Å². The monoisotopic (exact) mass is 169 g/mol. The summed E-state index contributed by atoms with van der Waals surface area (Å²) in [6.45, 7) is 0. The molecular formula is C6H7NOSSi. The smallest absolute Gasteiger partial charge is 0.205 e. The van der Waals surface area contributed by atoms with Crippen molar-refractivity contribution >= 4 is 27.8 Å². The number of thiocarbonyl (C=S) groups is 1. The second-order valence-corrected chi connectivity index (χ2v) is 2.51. The molecule has 10 heavy (non-hydrogen) atoms. The van der Waals surface area contributed by atoms with E-state index in [-0.39, 0.29) is 0 Å². The van der Waals surface area contributed by atoms with Gasteiger partial charge in [-0.3, -0.25) is 4.98 Å². The van der Waals surface area contributed by atoms with Crippen molar-refractivity contribution < 1.29 is 4.43 Å². The molecule has 0 N–H and O–H groups in total. The quantitative estimate of drug-likeness (QED) is 0.438. The highest BCUT2D eigenvalue weighted by atomic mass is 32.1. The molecule has 52 valence electrons. The maximum atomic E-state index is 4.98. The molecule has 0 aliphatic heterocycles. The Morgan fingerprint density at radius 2 is 2.10 bits per heavy atom. The largest absolute Gasteiger partial charge is 0.545 e. The highest BCUT2D eigenvalue weighted by molar-refractivity contribution is 7.80. The number of hydrogen-bond donors (Lipinski definition) is 0. The van der Waals surface area contributed by atoms with Crippen LogP contribution >= 0.6 is 12.2 Å². The van der Waals surface area contributed by atoms with Gasteiger partial charge in [0.1, 0.15) is 0 Å². The van der Waals surface area contributed by atoms with Crippen LogP contribution in [0.25, 0.3) is 0 Å². The average Bonchev–Trinajstić information content (AvgIpc) is 2.05. The third kappa shape index (κ3) is 1.62. The first-order chi connectivity index (χ1) is 4.84. The minimum atomic E-state index is 0.564. The second-order valence-electron chi connectivity index (χ2n) is 1.73. The first-order valence-corrected chi connectivity index (χ1v) is 4.05. The zero-order chi connectivity index (χ0) is 7.40. The molecule has 2 nitrogen and oxygen atoms in total. The van der Waals surface area contributed by atoms with Crippen LogP contribution in [0.15, 0.2) is 24.5 Å². The van der Waals surface area contributed by atoms with Crippen LogP contribution in [0.4, 0.5) is 0 Å². The van der Waals surface area contributed by atoms with E-state index in [0.29, 0.717) is 15.5 Å². The van der Waals surface area contributed by atoms with Gasteiger partial charge < -0.3 is 4.43 Å². The molecule has 4 heteroatoms. The maximum absolute atomic E-state index is 4.98. The van der Waals surface area contributed by atoms with Crippen molar-refractivity contribution in [2.24, 2.45) is 0 Å². The van der Waals surface area contributed by atoms with Gasteiger partial charge in [-0.1, -0.05) is 0 Å².